The van der Waals surface area contributed by atoms with E-state index in [1.54, 1.807) is 17.8 Å². The largest absolute Gasteiger partial charge is 0.361 e. The second-order valence-corrected chi connectivity index (χ2v) is 9.77. The van der Waals surface area contributed by atoms with Crippen LogP contribution >= 0.6 is 23.1 Å². The smallest absolute Gasteiger partial charge is 0.183 e. The summed E-state index contributed by atoms with van der Waals surface area (Å²) in [5, 5.41) is 8.70. The van der Waals surface area contributed by atoms with Crippen molar-refractivity contribution in [1.82, 2.24) is 10.3 Å². The third-order valence-corrected chi connectivity index (χ3v) is 7.31. The first kappa shape index (κ1) is 21.0. The van der Waals surface area contributed by atoms with Crippen LogP contribution in [0.4, 0.5) is 15.2 Å². The van der Waals surface area contributed by atoms with Crippen LogP contribution in [0.2, 0.25) is 0 Å². The number of benzene rings is 3. The Morgan fingerprint density at radius 3 is 2.72 bits per heavy atom. The highest BCUT2D eigenvalue weighted by atomic mass is 32.2. The van der Waals surface area contributed by atoms with E-state index in [-0.39, 0.29) is 5.82 Å². The van der Waals surface area contributed by atoms with Gasteiger partial charge in [0, 0.05) is 18.3 Å². The highest BCUT2D eigenvalue weighted by molar-refractivity contribution is 8.14. The van der Waals surface area contributed by atoms with Crippen LogP contribution in [0.25, 0.3) is 10.2 Å². The molecule has 5 rings (SSSR count). The van der Waals surface area contributed by atoms with E-state index in [2.05, 4.69) is 70.2 Å². The summed E-state index contributed by atoms with van der Waals surface area (Å²) in [6, 6.07) is 24.1. The zero-order valence-corrected chi connectivity index (χ0v) is 19.1. The summed E-state index contributed by atoms with van der Waals surface area (Å²) in [5.41, 5.74) is 4.38. The molecule has 7 heteroatoms. The van der Waals surface area contributed by atoms with E-state index in [0.29, 0.717) is 6.04 Å². The molecule has 4 nitrogen and oxygen atoms in total. The molecule has 0 bridgehead atoms. The molecule has 0 radical (unpaired) electrons. The number of thioether (sulfide) groups is 1. The molecule has 162 valence electrons. The van der Waals surface area contributed by atoms with Crippen molar-refractivity contribution >= 4 is 49.3 Å². The number of thiazole rings is 1. The molecule has 1 atom stereocenters. The van der Waals surface area contributed by atoms with E-state index in [0.717, 1.165) is 51.3 Å². The molecule has 1 aliphatic rings. The summed E-state index contributed by atoms with van der Waals surface area (Å²) < 4.78 is 14.2. The molecule has 2 N–H and O–H groups in total. The molecule has 1 fully saturated rings. The van der Waals surface area contributed by atoms with Crippen LogP contribution < -0.4 is 10.6 Å². The van der Waals surface area contributed by atoms with Crippen molar-refractivity contribution in [2.75, 3.05) is 17.6 Å². The summed E-state index contributed by atoms with van der Waals surface area (Å²) in [6.45, 7) is 0.773. The topological polar surface area (TPSA) is 49.3 Å². The minimum absolute atomic E-state index is 0.228. The molecule has 3 aromatic carbocycles. The number of amidine groups is 1. The number of aliphatic imine (C=N–C) groups is 1. The highest BCUT2D eigenvalue weighted by Crippen LogP contribution is 2.26. The van der Waals surface area contributed by atoms with Gasteiger partial charge in [0.1, 0.15) is 5.82 Å². The fraction of sp³-hybridized carbons (Fsp3) is 0.200. The average molecular weight is 463 g/mol. The monoisotopic (exact) mass is 462 g/mol. The summed E-state index contributed by atoms with van der Waals surface area (Å²) >= 11 is 3.26. The van der Waals surface area contributed by atoms with E-state index in [9.17, 15) is 4.39 Å². The Bertz CT molecular complexity index is 1220. The van der Waals surface area contributed by atoms with Gasteiger partial charge in [-0.2, -0.15) is 0 Å². The van der Waals surface area contributed by atoms with Crippen LogP contribution in [0.3, 0.4) is 0 Å². The Morgan fingerprint density at radius 1 is 1.03 bits per heavy atom. The molecular weight excluding hydrogens is 439 g/mol. The normalized spacial score (nSPS) is 17.0. The van der Waals surface area contributed by atoms with Crippen LogP contribution in [-0.4, -0.2) is 28.5 Å². The number of hydrogen-bond acceptors (Lipinski definition) is 5. The lowest BCUT2D eigenvalue weighted by molar-refractivity contribution is 0.630. The summed E-state index contributed by atoms with van der Waals surface area (Å²) in [4.78, 5) is 9.27. The maximum Gasteiger partial charge on any atom is 0.183 e. The van der Waals surface area contributed by atoms with E-state index < -0.39 is 0 Å². The van der Waals surface area contributed by atoms with Gasteiger partial charge in [-0.05, 0) is 54.3 Å². The van der Waals surface area contributed by atoms with E-state index in [1.165, 1.54) is 34.6 Å². The predicted octanol–water partition coefficient (Wildman–Crippen LogP) is 6.03. The van der Waals surface area contributed by atoms with Crippen LogP contribution in [0.5, 0.6) is 0 Å². The van der Waals surface area contributed by atoms with Crippen molar-refractivity contribution in [3.8, 4) is 0 Å². The minimum atomic E-state index is -0.228. The lowest BCUT2D eigenvalue weighted by Gasteiger charge is -2.09. The maximum absolute atomic E-state index is 13.3. The zero-order valence-electron chi connectivity index (χ0n) is 17.4. The number of hydrogen-bond donors (Lipinski definition) is 2. The van der Waals surface area contributed by atoms with Gasteiger partial charge in [-0.25, -0.2) is 14.4 Å². The molecule has 0 saturated carbocycles. The Morgan fingerprint density at radius 2 is 1.88 bits per heavy atom. The quantitative estimate of drug-likeness (QED) is 0.352. The van der Waals surface area contributed by atoms with Gasteiger partial charge in [0.2, 0.25) is 0 Å². The molecule has 32 heavy (non-hydrogen) atoms. The van der Waals surface area contributed by atoms with Gasteiger partial charge in [0.05, 0.1) is 15.9 Å². The van der Waals surface area contributed by atoms with Crippen molar-refractivity contribution in [2.24, 2.45) is 4.99 Å². The number of rotatable bonds is 7. The summed E-state index contributed by atoms with van der Waals surface area (Å²) in [7, 11) is 0. The van der Waals surface area contributed by atoms with Gasteiger partial charge >= 0.3 is 0 Å². The van der Waals surface area contributed by atoms with Gasteiger partial charge in [0.25, 0.3) is 0 Å². The second-order valence-electron chi connectivity index (χ2n) is 7.73. The van der Waals surface area contributed by atoms with Crippen molar-refractivity contribution in [3.63, 3.8) is 0 Å². The van der Waals surface area contributed by atoms with Crippen LogP contribution in [-0.2, 0) is 12.8 Å². The molecule has 4 aromatic rings. The molecule has 0 spiro atoms. The maximum atomic E-state index is 13.3. The number of nitrogens with zero attached hydrogens (tertiary/aromatic N) is 2. The minimum Gasteiger partial charge on any atom is -0.361 e. The SMILES string of the molecule is Fc1ccc2nc(NCCc3ccc(/N=C4/N[C@@H](Cc5ccccc5)CS4)cc3)sc2c1. The number of halogens is 1. The molecule has 0 aliphatic carbocycles. The summed E-state index contributed by atoms with van der Waals surface area (Å²) in [6.07, 6.45) is 1.90. The number of anilines is 1. The predicted molar refractivity (Wildman–Crippen MR) is 135 cm³/mol. The molecule has 0 amide bonds. The Labute approximate surface area is 195 Å². The third kappa shape index (κ3) is 5.29. The first-order valence-electron chi connectivity index (χ1n) is 10.6. The van der Waals surface area contributed by atoms with Crippen LogP contribution in [0.1, 0.15) is 11.1 Å². The molecule has 1 aliphatic heterocycles. The van der Waals surface area contributed by atoms with E-state index >= 15 is 0 Å². The van der Waals surface area contributed by atoms with Crippen LogP contribution in [0, 0.1) is 5.82 Å². The Hall–Kier alpha value is -2.90. The van der Waals surface area contributed by atoms with Gasteiger partial charge in [-0.3, -0.25) is 0 Å². The first-order chi connectivity index (χ1) is 15.7. The molecule has 2 heterocycles. The summed E-state index contributed by atoms with van der Waals surface area (Å²) in [5.74, 6) is 0.810. The fourth-order valence-corrected chi connectivity index (χ4v) is 5.55. The van der Waals surface area contributed by atoms with Crippen molar-refractivity contribution in [3.05, 3.63) is 89.7 Å². The lowest BCUT2D eigenvalue weighted by Crippen LogP contribution is -2.28. The highest BCUT2D eigenvalue weighted by Gasteiger charge is 2.20. The Balaban J connectivity index is 1.12. The van der Waals surface area contributed by atoms with Gasteiger partial charge in [0.15, 0.2) is 10.3 Å². The average Bonchev–Trinajstić information content (AvgIpc) is 3.41. The lowest BCUT2D eigenvalue weighted by atomic mass is 10.1. The number of aromatic nitrogens is 1. The fourth-order valence-electron chi connectivity index (χ4n) is 3.65. The van der Waals surface area contributed by atoms with Crippen molar-refractivity contribution in [2.45, 2.75) is 18.9 Å². The van der Waals surface area contributed by atoms with E-state index in [1.807, 2.05) is 0 Å². The molecule has 1 saturated heterocycles. The van der Waals surface area contributed by atoms with Gasteiger partial charge in [-0.1, -0.05) is 65.6 Å². The van der Waals surface area contributed by atoms with Gasteiger partial charge in [-0.15, -0.1) is 0 Å². The molecule has 1 aromatic heterocycles. The third-order valence-electron chi connectivity index (χ3n) is 5.28. The first-order valence-corrected chi connectivity index (χ1v) is 12.4. The number of fused-ring (bicyclic) bond motifs is 1. The van der Waals surface area contributed by atoms with Crippen LogP contribution in [0.15, 0.2) is 77.8 Å². The van der Waals surface area contributed by atoms with Crippen molar-refractivity contribution in [1.29, 1.82) is 0 Å². The Kier molecular flexibility index (Phi) is 6.36. The van der Waals surface area contributed by atoms with E-state index in [4.69, 9.17) is 4.99 Å². The van der Waals surface area contributed by atoms with Gasteiger partial charge < -0.3 is 10.6 Å². The number of nitrogens with one attached hydrogen (secondary N) is 2. The molecular formula is C25H23FN4S2. The van der Waals surface area contributed by atoms with Crippen molar-refractivity contribution < 1.29 is 4.39 Å². The molecule has 0 unspecified atom stereocenters. The standard InChI is InChI=1S/C25H23FN4S2/c26-19-8-11-22-23(15-19)32-24(30-22)27-13-12-17-6-9-20(10-7-17)28-25-29-21(16-31-25)14-18-4-2-1-3-5-18/h1-11,15,21H,12-14,16H2,(H,27,30)(H,28,29)/t21-/m0/s1. The second kappa shape index (κ2) is 9.71. The zero-order chi connectivity index (χ0) is 21.8.